The number of thiocarbonyl (C=S) groups is 1. The fourth-order valence-corrected chi connectivity index (χ4v) is 5.28. The molecule has 33 heavy (non-hydrogen) atoms. The molecule has 2 aromatic carbocycles. The highest BCUT2D eigenvalue weighted by Crippen LogP contribution is 2.40. The molecule has 0 radical (unpaired) electrons. The highest BCUT2D eigenvalue weighted by molar-refractivity contribution is 7.80. The lowest BCUT2D eigenvalue weighted by atomic mass is 9.79. The van der Waals surface area contributed by atoms with Crippen LogP contribution < -0.4 is 15.5 Å². The van der Waals surface area contributed by atoms with Crippen LogP contribution >= 0.6 is 23.8 Å². The quantitative estimate of drug-likeness (QED) is 0.366. The zero-order valence-electron chi connectivity index (χ0n) is 18.2. The van der Waals surface area contributed by atoms with Gasteiger partial charge in [0, 0.05) is 31.1 Å². The van der Waals surface area contributed by atoms with E-state index in [2.05, 4.69) is 49.8 Å². The minimum absolute atomic E-state index is 0.0544. The van der Waals surface area contributed by atoms with Gasteiger partial charge < -0.3 is 15.5 Å². The maximum atomic E-state index is 13.4. The van der Waals surface area contributed by atoms with Gasteiger partial charge in [0.15, 0.2) is 5.11 Å². The number of anilines is 2. The van der Waals surface area contributed by atoms with Gasteiger partial charge >= 0.3 is 0 Å². The van der Waals surface area contributed by atoms with Gasteiger partial charge in [-0.3, -0.25) is 0 Å². The van der Waals surface area contributed by atoms with Crippen molar-refractivity contribution in [1.29, 1.82) is 0 Å². The molecule has 0 amide bonds. The summed E-state index contributed by atoms with van der Waals surface area (Å²) in [5.74, 6) is 0.912. The normalized spacial score (nSPS) is 16.5. The van der Waals surface area contributed by atoms with Crippen molar-refractivity contribution in [3.8, 4) is 0 Å². The van der Waals surface area contributed by atoms with Crippen LogP contribution in [0, 0.1) is 5.82 Å². The van der Waals surface area contributed by atoms with Crippen LogP contribution in [0.4, 0.5) is 16.2 Å². The first kappa shape index (κ1) is 22.0. The second kappa shape index (κ2) is 9.23. The van der Waals surface area contributed by atoms with E-state index < -0.39 is 0 Å². The summed E-state index contributed by atoms with van der Waals surface area (Å²) in [7, 11) is 0. The van der Waals surface area contributed by atoms with Gasteiger partial charge in [-0.05, 0) is 53.9 Å². The van der Waals surface area contributed by atoms with Crippen molar-refractivity contribution >= 4 is 40.7 Å². The van der Waals surface area contributed by atoms with E-state index in [1.807, 2.05) is 12.1 Å². The molecule has 8 heteroatoms. The summed E-state index contributed by atoms with van der Waals surface area (Å²) in [6.07, 6.45) is 4.39. The second-order valence-electron chi connectivity index (χ2n) is 8.80. The zero-order chi connectivity index (χ0) is 22.8. The summed E-state index contributed by atoms with van der Waals surface area (Å²) >= 11 is 11.9. The maximum absolute atomic E-state index is 13.4. The van der Waals surface area contributed by atoms with E-state index in [1.165, 1.54) is 23.3 Å². The number of hydrogen-bond acceptors (Lipinski definition) is 4. The molecule has 1 aliphatic carbocycles. The topological polar surface area (TPSA) is 53.1 Å². The van der Waals surface area contributed by atoms with Gasteiger partial charge in [0.05, 0.1) is 0 Å². The van der Waals surface area contributed by atoms with Crippen LogP contribution in [0.2, 0.25) is 5.15 Å². The third-order valence-electron chi connectivity index (χ3n) is 6.68. The van der Waals surface area contributed by atoms with Crippen LogP contribution in [0.3, 0.4) is 0 Å². The molecule has 2 aliphatic rings. The summed E-state index contributed by atoms with van der Waals surface area (Å²) in [5, 5.41) is 7.24. The highest BCUT2D eigenvalue weighted by atomic mass is 35.5. The van der Waals surface area contributed by atoms with Crippen molar-refractivity contribution < 1.29 is 4.39 Å². The van der Waals surface area contributed by atoms with E-state index in [4.69, 9.17) is 23.8 Å². The summed E-state index contributed by atoms with van der Waals surface area (Å²) in [5.41, 5.74) is 3.68. The summed E-state index contributed by atoms with van der Waals surface area (Å²) < 4.78 is 13.4. The Bertz CT molecular complexity index is 1140. The Morgan fingerprint density at radius 3 is 2.36 bits per heavy atom. The minimum atomic E-state index is -0.216. The van der Waals surface area contributed by atoms with Crippen molar-refractivity contribution in [2.24, 2.45) is 0 Å². The molecule has 3 aromatic rings. The average molecular weight is 482 g/mol. The number of rotatable bonds is 5. The van der Waals surface area contributed by atoms with Gasteiger partial charge in [-0.1, -0.05) is 60.8 Å². The molecule has 0 atom stereocenters. The first-order chi connectivity index (χ1) is 16.0. The molecule has 0 saturated heterocycles. The molecule has 1 aliphatic heterocycles. The van der Waals surface area contributed by atoms with Crippen molar-refractivity contribution in [2.45, 2.75) is 44.2 Å². The number of aromatic nitrogens is 2. The lowest BCUT2D eigenvalue weighted by molar-refractivity contribution is 0.434. The van der Waals surface area contributed by atoms with Crippen LogP contribution in [0.5, 0.6) is 0 Å². The van der Waals surface area contributed by atoms with E-state index in [9.17, 15) is 4.39 Å². The molecule has 0 unspecified atom stereocenters. The monoisotopic (exact) mass is 481 g/mol. The third-order valence-corrected chi connectivity index (χ3v) is 7.12. The number of hydrogen-bond donors (Lipinski definition) is 2. The number of nitrogens with zero attached hydrogens (tertiary/aromatic N) is 3. The fraction of sp³-hybridized carbons (Fsp3) is 0.320. The molecule has 0 bridgehead atoms. The Labute approximate surface area is 203 Å². The lowest BCUT2D eigenvalue weighted by Gasteiger charge is -2.30. The predicted octanol–water partition coefficient (Wildman–Crippen LogP) is 5.59. The summed E-state index contributed by atoms with van der Waals surface area (Å²) in [4.78, 5) is 11.1. The fourth-order valence-electron chi connectivity index (χ4n) is 4.94. The van der Waals surface area contributed by atoms with Crippen LogP contribution in [-0.2, 0) is 18.5 Å². The molecule has 2 N–H and O–H groups in total. The molecule has 1 saturated carbocycles. The first-order valence-electron chi connectivity index (χ1n) is 11.2. The Hall–Kier alpha value is -2.77. The van der Waals surface area contributed by atoms with Gasteiger partial charge in [-0.15, -0.1) is 0 Å². The lowest BCUT2D eigenvalue weighted by Crippen LogP contribution is -2.41. The van der Waals surface area contributed by atoms with E-state index in [-0.39, 0.29) is 11.2 Å². The van der Waals surface area contributed by atoms with Crippen LogP contribution in [-0.4, -0.2) is 21.6 Å². The van der Waals surface area contributed by atoms with E-state index >= 15 is 0 Å². The smallest absolute Gasteiger partial charge is 0.232 e. The molecule has 1 aromatic heterocycles. The van der Waals surface area contributed by atoms with E-state index in [0.29, 0.717) is 22.8 Å². The minimum Gasteiger partial charge on any atom is -0.361 e. The van der Waals surface area contributed by atoms with Crippen molar-refractivity contribution in [3.63, 3.8) is 0 Å². The highest BCUT2D eigenvalue weighted by Gasteiger charge is 2.35. The summed E-state index contributed by atoms with van der Waals surface area (Å²) in [6, 6.07) is 17.0. The molecule has 170 valence electrons. The molecular formula is C25H25ClFN5S. The Morgan fingerprint density at radius 2 is 1.70 bits per heavy atom. The number of halogens is 2. The average Bonchev–Trinajstić information content (AvgIpc) is 3.46. The van der Waals surface area contributed by atoms with Crippen molar-refractivity contribution in [3.05, 3.63) is 82.3 Å². The van der Waals surface area contributed by atoms with Crippen LogP contribution in [0.1, 0.15) is 42.4 Å². The number of benzene rings is 2. The SMILES string of the molecule is Fc1ccc(C2(CNC(=S)Nc3nc(Cl)cc(N4Cc5ccccc5C4)n3)CCCC2)cc1. The molecule has 5 nitrogen and oxygen atoms in total. The maximum Gasteiger partial charge on any atom is 0.232 e. The Balaban J connectivity index is 1.26. The van der Waals surface area contributed by atoms with E-state index in [0.717, 1.165) is 50.2 Å². The molecule has 2 heterocycles. The number of nitrogens with one attached hydrogen (secondary N) is 2. The largest absolute Gasteiger partial charge is 0.361 e. The Kier molecular flexibility index (Phi) is 6.17. The second-order valence-corrected chi connectivity index (χ2v) is 9.59. The number of fused-ring (bicyclic) bond motifs is 1. The molecule has 0 spiro atoms. The zero-order valence-corrected chi connectivity index (χ0v) is 19.7. The molecular weight excluding hydrogens is 457 g/mol. The third kappa shape index (κ3) is 4.80. The summed E-state index contributed by atoms with van der Waals surface area (Å²) in [6.45, 7) is 2.23. The molecule has 5 rings (SSSR count). The molecule has 1 fully saturated rings. The standard InChI is InChI=1S/C25H25ClFN5S/c26-21-13-22(32-14-17-5-1-2-6-18(17)15-32)30-23(29-21)31-24(33)28-16-25(11-3-4-12-25)19-7-9-20(27)10-8-19/h1-2,5-10,13H,3-4,11-12,14-16H2,(H2,28,29,30,31,33). The first-order valence-corrected chi connectivity index (χ1v) is 12.0. The van der Waals surface area contributed by atoms with Gasteiger partial charge in [-0.25, -0.2) is 9.37 Å². The van der Waals surface area contributed by atoms with Gasteiger partial charge in [0.25, 0.3) is 0 Å². The van der Waals surface area contributed by atoms with Gasteiger partial charge in [0.2, 0.25) is 5.95 Å². The Morgan fingerprint density at radius 1 is 1.03 bits per heavy atom. The van der Waals surface area contributed by atoms with Crippen molar-refractivity contribution in [2.75, 3.05) is 16.8 Å². The van der Waals surface area contributed by atoms with Gasteiger partial charge in [-0.2, -0.15) is 4.98 Å². The predicted molar refractivity (Wildman–Crippen MR) is 134 cm³/mol. The van der Waals surface area contributed by atoms with Gasteiger partial charge in [0.1, 0.15) is 16.8 Å². The van der Waals surface area contributed by atoms with E-state index in [1.54, 1.807) is 6.07 Å². The van der Waals surface area contributed by atoms with Crippen molar-refractivity contribution in [1.82, 2.24) is 15.3 Å². The van der Waals surface area contributed by atoms with Crippen LogP contribution in [0.25, 0.3) is 0 Å². The van der Waals surface area contributed by atoms with Crippen LogP contribution in [0.15, 0.2) is 54.6 Å².